The molecule has 4 nitrogen and oxygen atoms in total. The first-order valence-electron chi connectivity index (χ1n) is 11.1. The van der Waals surface area contributed by atoms with Gasteiger partial charge in [0.1, 0.15) is 5.82 Å². The summed E-state index contributed by atoms with van der Waals surface area (Å²) in [7, 11) is 0. The fourth-order valence-electron chi connectivity index (χ4n) is 5.60. The van der Waals surface area contributed by atoms with Gasteiger partial charge in [0.25, 0.3) is 5.91 Å². The fraction of sp³-hybridized carbons (Fsp3) is 0.520. The molecule has 1 heterocycles. The number of rotatable bonds is 8. The molecule has 3 aliphatic rings. The lowest BCUT2D eigenvalue weighted by Gasteiger charge is -2.62. The number of unbranched alkanes of at least 4 members (excludes halogenated alkanes) is 1. The average Bonchev–Trinajstić information content (AvgIpc) is 3.13. The van der Waals surface area contributed by atoms with Gasteiger partial charge in [-0.15, -0.1) is 11.3 Å². The van der Waals surface area contributed by atoms with Crippen molar-refractivity contribution in [2.24, 2.45) is 23.2 Å². The Balaban J connectivity index is 1.45. The molecule has 6 heteroatoms. The summed E-state index contributed by atoms with van der Waals surface area (Å²) in [6, 6.07) is 4.70. The van der Waals surface area contributed by atoms with Crippen molar-refractivity contribution < 1.29 is 19.1 Å². The lowest BCUT2D eigenvalue weighted by atomic mass is 9.44. The predicted octanol–water partition coefficient (Wildman–Crippen LogP) is 6.02. The van der Waals surface area contributed by atoms with Crippen molar-refractivity contribution in [3.05, 3.63) is 47.1 Å². The van der Waals surface area contributed by atoms with Crippen molar-refractivity contribution >= 4 is 33.3 Å². The molecule has 1 aromatic carbocycles. The van der Waals surface area contributed by atoms with Gasteiger partial charge in [0.15, 0.2) is 0 Å². The third kappa shape index (κ3) is 4.40. The van der Waals surface area contributed by atoms with Crippen molar-refractivity contribution in [2.45, 2.75) is 58.4 Å². The molecule has 2 bridgehead atoms. The molecule has 3 aliphatic carbocycles. The van der Waals surface area contributed by atoms with Crippen LogP contribution in [0.25, 0.3) is 10.1 Å². The third-order valence-electron chi connectivity index (χ3n) is 7.55. The van der Waals surface area contributed by atoms with Gasteiger partial charge in [-0.25, -0.2) is 4.39 Å². The first-order valence-corrected chi connectivity index (χ1v) is 12.0. The van der Waals surface area contributed by atoms with Crippen molar-refractivity contribution in [2.75, 3.05) is 0 Å². The molecule has 1 amide bonds. The van der Waals surface area contributed by atoms with Crippen LogP contribution in [0.4, 0.5) is 4.39 Å². The van der Waals surface area contributed by atoms with Gasteiger partial charge in [-0.3, -0.25) is 9.59 Å². The average molecular weight is 444 g/mol. The van der Waals surface area contributed by atoms with Crippen LogP contribution in [-0.4, -0.2) is 23.0 Å². The Bertz CT molecular complexity index is 1010. The van der Waals surface area contributed by atoms with E-state index >= 15 is 0 Å². The van der Waals surface area contributed by atoms with Crippen LogP contribution in [0, 0.1) is 29.0 Å². The standard InChI is InChI=1S/C25H30FNO3S/c1-25(2)15-11-20(25)17(7-5-3-4-6-8-23(28)29)21(12-15)27-24(30)19-14-31-22-10-9-16(26)13-18(19)22/h3,5,9-10,13-15,17,20-21H,4,6-8,11-12H2,1-2H3,(H,27,30)(H,28,29)/t15-,17-,20+,21+/m0/s1. The summed E-state index contributed by atoms with van der Waals surface area (Å²) in [6.07, 6.45) is 8.92. The summed E-state index contributed by atoms with van der Waals surface area (Å²) in [6.45, 7) is 4.67. The van der Waals surface area contributed by atoms with Crippen LogP contribution in [0.15, 0.2) is 35.7 Å². The first-order chi connectivity index (χ1) is 14.8. The van der Waals surface area contributed by atoms with Crippen LogP contribution < -0.4 is 5.32 Å². The van der Waals surface area contributed by atoms with E-state index in [9.17, 15) is 14.0 Å². The number of hydrogen-bond acceptors (Lipinski definition) is 3. The zero-order valence-electron chi connectivity index (χ0n) is 18.1. The molecular formula is C25H30FNO3S. The Hall–Kier alpha value is -2.21. The van der Waals surface area contributed by atoms with E-state index in [1.54, 1.807) is 6.07 Å². The number of hydrogen-bond donors (Lipinski definition) is 2. The summed E-state index contributed by atoms with van der Waals surface area (Å²) in [5.41, 5.74) is 0.849. The first kappa shape index (κ1) is 22.0. The SMILES string of the molecule is CC1(C)[C@H]2C[C@@H]1[C@H](CC=CCCCC(=O)O)[C@H](NC(=O)c1csc3ccc(F)cc13)C2. The molecule has 0 spiro atoms. The highest BCUT2D eigenvalue weighted by atomic mass is 32.1. The Labute approximate surface area is 186 Å². The Kier molecular flexibility index (Phi) is 6.20. The molecule has 2 aromatic rings. The van der Waals surface area contributed by atoms with E-state index in [0.717, 1.165) is 24.0 Å². The van der Waals surface area contributed by atoms with Crippen LogP contribution >= 0.6 is 11.3 Å². The highest BCUT2D eigenvalue weighted by molar-refractivity contribution is 7.17. The number of nitrogens with one attached hydrogen (secondary N) is 1. The van der Waals surface area contributed by atoms with Crippen LogP contribution in [0.5, 0.6) is 0 Å². The normalized spacial score (nSPS) is 26.7. The highest BCUT2D eigenvalue weighted by Crippen LogP contribution is 2.62. The van der Waals surface area contributed by atoms with Gasteiger partial charge in [-0.2, -0.15) is 0 Å². The minimum atomic E-state index is -0.758. The minimum Gasteiger partial charge on any atom is -0.481 e. The topological polar surface area (TPSA) is 66.4 Å². The Morgan fingerprint density at radius 2 is 2.10 bits per heavy atom. The zero-order chi connectivity index (χ0) is 22.2. The number of fused-ring (bicyclic) bond motifs is 3. The molecule has 4 atom stereocenters. The molecule has 0 radical (unpaired) electrons. The monoisotopic (exact) mass is 443 g/mol. The second-order valence-corrected chi connectivity index (χ2v) is 10.5. The highest BCUT2D eigenvalue weighted by Gasteiger charge is 2.57. The van der Waals surface area contributed by atoms with Gasteiger partial charge >= 0.3 is 5.97 Å². The van der Waals surface area contributed by atoms with E-state index in [1.165, 1.54) is 29.9 Å². The predicted molar refractivity (Wildman–Crippen MR) is 122 cm³/mol. The quantitative estimate of drug-likeness (QED) is 0.387. The van der Waals surface area contributed by atoms with E-state index in [2.05, 4.69) is 31.3 Å². The molecule has 0 aliphatic heterocycles. The summed E-state index contributed by atoms with van der Waals surface area (Å²) in [4.78, 5) is 23.8. The molecule has 5 rings (SSSR count). The molecular weight excluding hydrogens is 413 g/mol. The van der Waals surface area contributed by atoms with Crippen LogP contribution in [0.2, 0.25) is 0 Å². The number of amides is 1. The maximum Gasteiger partial charge on any atom is 0.303 e. The second kappa shape index (κ2) is 8.73. The van der Waals surface area contributed by atoms with Gasteiger partial charge in [-0.1, -0.05) is 26.0 Å². The fourth-order valence-corrected chi connectivity index (χ4v) is 6.53. The van der Waals surface area contributed by atoms with Crippen molar-refractivity contribution in [1.29, 1.82) is 0 Å². The van der Waals surface area contributed by atoms with Crippen molar-refractivity contribution in [3.8, 4) is 0 Å². The summed E-state index contributed by atoms with van der Waals surface area (Å²) in [5.74, 6) is 0.350. The number of benzene rings is 1. The second-order valence-electron chi connectivity index (χ2n) is 9.62. The van der Waals surface area contributed by atoms with Crippen LogP contribution in [0.1, 0.15) is 62.7 Å². The number of allylic oxidation sites excluding steroid dienone is 2. The molecule has 0 saturated heterocycles. The van der Waals surface area contributed by atoms with Crippen molar-refractivity contribution in [1.82, 2.24) is 5.32 Å². The number of carboxylic acids is 1. The number of carbonyl (C=O) groups excluding carboxylic acids is 1. The molecule has 31 heavy (non-hydrogen) atoms. The number of carbonyl (C=O) groups is 2. The lowest BCUT2D eigenvalue weighted by molar-refractivity contribution is -0.137. The van der Waals surface area contributed by atoms with E-state index < -0.39 is 5.97 Å². The number of thiophene rings is 1. The number of aliphatic carboxylic acids is 1. The maximum absolute atomic E-state index is 13.7. The molecule has 166 valence electrons. The number of halogens is 1. The molecule has 1 aromatic heterocycles. The molecule has 3 saturated carbocycles. The van der Waals surface area contributed by atoms with Gasteiger partial charge < -0.3 is 10.4 Å². The summed E-state index contributed by atoms with van der Waals surface area (Å²) >= 11 is 1.47. The maximum atomic E-state index is 13.7. The van der Waals surface area contributed by atoms with Gasteiger partial charge in [0.05, 0.1) is 5.56 Å². The van der Waals surface area contributed by atoms with E-state index in [-0.39, 0.29) is 24.2 Å². The summed E-state index contributed by atoms with van der Waals surface area (Å²) in [5, 5.41) is 14.6. The number of carboxylic acid groups (broad SMARTS) is 1. The molecule has 2 N–H and O–H groups in total. The third-order valence-corrected chi connectivity index (χ3v) is 8.51. The largest absolute Gasteiger partial charge is 0.481 e. The molecule has 3 fully saturated rings. The Morgan fingerprint density at radius 1 is 1.29 bits per heavy atom. The minimum absolute atomic E-state index is 0.108. The van der Waals surface area contributed by atoms with Gasteiger partial charge in [-0.05, 0) is 73.5 Å². The summed E-state index contributed by atoms with van der Waals surface area (Å²) < 4.78 is 14.6. The van der Waals surface area contributed by atoms with E-state index in [1.807, 2.05) is 5.38 Å². The van der Waals surface area contributed by atoms with Crippen LogP contribution in [-0.2, 0) is 4.79 Å². The lowest BCUT2D eigenvalue weighted by Crippen LogP contribution is -2.61. The smallest absolute Gasteiger partial charge is 0.303 e. The van der Waals surface area contributed by atoms with Crippen molar-refractivity contribution in [3.63, 3.8) is 0 Å². The molecule has 0 unspecified atom stereocenters. The van der Waals surface area contributed by atoms with Gasteiger partial charge in [0, 0.05) is 27.9 Å². The zero-order valence-corrected chi connectivity index (χ0v) is 18.9. The Morgan fingerprint density at radius 3 is 2.84 bits per heavy atom. The van der Waals surface area contributed by atoms with E-state index in [0.29, 0.717) is 40.5 Å². The van der Waals surface area contributed by atoms with E-state index in [4.69, 9.17) is 5.11 Å². The van der Waals surface area contributed by atoms with Crippen LogP contribution in [0.3, 0.4) is 0 Å². The van der Waals surface area contributed by atoms with Gasteiger partial charge in [0.2, 0.25) is 0 Å².